The summed E-state index contributed by atoms with van der Waals surface area (Å²) in [6.45, 7) is 0.926. The number of benzene rings is 3. The van der Waals surface area contributed by atoms with Crippen molar-refractivity contribution < 1.29 is 34.4 Å². The molecule has 4 rings (SSSR count). The average Bonchev–Trinajstić information content (AvgIpc) is 3.08. The third-order valence-corrected chi connectivity index (χ3v) is 6.73. The summed E-state index contributed by atoms with van der Waals surface area (Å²) in [4.78, 5) is 39.5. The topological polar surface area (TPSA) is 145 Å². The van der Waals surface area contributed by atoms with Crippen molar-refractivity contribution >= 4 is 40.9 Å². The minimum atomic E-state index is -0.987. The molecule has 1 amide bonds. The molecule has 0 bridgehead atoms. The highest BCUT2D eigenvalue weighted by Gasteiger charge is 2.32. The number of hydrogen-bond acceptors (Lipinski definition) is 8. The Bertz CT molecular complexity index is 1360. The van der Waals surface area contributed by atoms with E-state index >= 15 is 0 Å². The number of aromatic hydroxyl groups is 3. The van der Waals surface area contributed by atoms with Crippen molar-refractivity contribution in [1.82, 2.24) is 10.6 Å². The minimum Gasteiger partial charge on any atom is -0.508 e. The van der Waals surface area contributed by atoms with Crippen LogP contribution in [0.15, 0.2) is 54.6 Å². The fraction of sp³-hybridized carbons (Fsp3) is 0.222. The van der Waals surface area contributed by atoms with Gasteiger partial charge < -0.3 is 30.7 Å². The van der Waals surface area contributed by atoms with Gasteiger partial charge in [-0.25, -0.2) is 4.79 Å². The van der Waals surface area contributed by atoms with Crippen molar-refractivity contribution in [3.05, 3.63) is 86.9 Å². The Balaban J connectivity index is 1.63. The highest BCUT2D eigenvalue weighted by atomic mass is 35.5. The smallest absolute Gasteiger partial charge is 0.339 e. The van der Waals surface area contributed by atoms with Crippen LogP contribution in [0.5, 0.6) is 17.2 Å². The molecule has 5 N–H and O–H groups in total. The molecule has 1 fully saturated rings. The predicted molar refractivity (Wildman–Crippen MR) is 140 cm³/mol. The van der Waals surface area contributed by atoms with Gasteiger partial charge in [0.25, 0.3) is 5.91 Å². The third kappa shape index (κ3) is 6.02. The maximum Gasteiger partial charge on any atom is 0.339 e. The largest absolute Gasteiger partial charge is 0.508 e. The maximum absolute atomic E-state index is 13.4. The van der Waals surface area contributed by atoms with E-state index in [4.69, 9.17) is 27.9 Å². The molecule has 38 heavy (non-hydrogen) atoms. The van der Waals surface area contributed by atoms with Gasteiger partial charge in [-0.15, -0.1) is 0 Å². The number of ketones is 1. The fourth-order valence-electron chi connectivity index (χ4n) is 4.22. The molecule has 1 heterocycles. The average molecular weight is 559 g/mol. The number of esters is 1. The number of halogens is 2. The van der Waals surface area contributed by atoms with Gasteiger partial charge in [0, 0.05) is 18.2 Å². The summed E-state index contributed by atoms with van der Waals surface area (Å²) < 4.78 is 5.75. The number of carbonyl (C=O) groups is 3. The Morgan fingerprint density at radius 1 is 0.921 bits per heavy atom. The van der Waals surface area contributed by atoms with Crippen molar-refractivity contribution in [2.45, 2.75) is 25.0 Å². The zero-order chi connectivity index (χ0) is 27.4. The summed E-state index contributed by atoms with van der Waals surface area (Å²) in [5.41, 5.74) is -0.633. The standard InChI is InChI=1S/C27H24Cl2N2O7/c28-18-3-1-4-19(29)24(18)25(35)23-17(11-16(33)12-21(23)34)27(37)38-22-5-2-10-30-13-20(22)31-26(36)14-6-8-15(32)9-7-14/h1,3-4,6-9,11-12,20,22,30,32-34H,2,5,10,13H2,(H,31,36)/t20-,22-/m1/s1. The Morgan fingerprint density at radius 2 is 1.61 bits per heavy atom. The SMILES string of the molecule is O=C(N[C@@H]1CNCCC[C@H]1OC(=O)c1cc(O)cc(O)c1C(=O)c1c(Cl)cccc1Cl)c1ccc(O)cc1. The number of ether oxygens (including phenoxy) is 1. The van der Waals surface area contributed by atoms with Crippen LogP contribution in [0.1, 0.15) is 49.5 Å². The zero-order valence-corrected chi connectivity index (χ0v) is 21.4. The Hall–Kier alpha value is -3.79. The number of amides is 1. The number of phenols is 3. The molecule has 0 spiro atoms. The van der Waals surface area contributed by atoms with Gasteiger partial charge in [0.2, 0.25) is 5.78 Å². The first-order valence-corrected chi connectivity index (χ1v) is 12.5. The first kappa shape index (κ1) is 27.3. The molecule has 11 heteroatoms. The molecule has 2 atom stereocenters. The van der Waals surface area contributed by atoms with E-state index in [0.717, 1.165) is 12.1 Å². The van der Waals surface area contributed by atoms with Crippen LogP contribution in [0.2, 0.25) is 10.0 Å². The Morgan fingerprint density at radius 3 is 2.29 bits per heavy atom. The summed E-state index contributed by atoms with van der Waals surface area (Å²) >= 11 is 12.4. The van der Waals surface area contributed by atoms with Gasteiger partial charge in [0.05, 0.1) is 32.8 Å². The molecule has 0 aliphatic carbocycles. The second kappa shape index (κ2) is 11.7. The molecule has 1 aliphatic heterocycles. The summed E-state index contributed by atoms with van der Waals surface area (Å²) in [7, 11) is 0. The molecule has 3 aromatic carbocycles. The van der Waals surface area contributed by atoms with E-state index in [1.165, 1.54) is 36.4 Å². The molecule has 1 aliphatic rings. The van der Waals surface area contributed by atoms with Gasteiger partial charge in [-0.05, 0) is 61.9 Å². The lowest BCUT2D eigenvalue weighted by Crippen LogP contribution is -2.49. The second-order valence-corrected chi connectivity index (χ2v) is 9.54. The maximum atomic E-state index is 13.4. The number of rotatable bonds is 6. The van der Waals surface area contributed by atoms with Crippen LogP contribution in [0.4, 0.5) is 0 Å². The van der Waals surface area contributed by atoms with Gasteiger partial charge in [-0.3, -0.25) is 9.59 Å². The predicted octanol–water partition coefficient (Wildman–Crippen LogP) is 4.05. The second-order valence-electron chi connectivity index (χ2n) is 8.73. The summed E-state index contributed by atoms with van der Waals surface area (Å²) in [5, 5.41) is 36.1. The quantitative estimate of drug-likeness (QED) is 0.225. The number of hydrogen-bond donors (Lipinski definition) is 5. The van der Waals surface area contributed by atoms with Gasteiger partial charge in [-0.1, -0.05) is 29.3 Å². The molecule has 0 unspecified atom stereocenters. The van der Waals surface area contributed by atoms with E-state index < -0.39 is 46.9 Å². The van der Waals surface area contributed by atoms with E-state index in [1.54, 1.807) is 6.07 Å². The highest BCUT2D eigenvalue weighted by molar-refractivity contribution is 6.41. The van der Waals surface area contributed by atoms with Crippen LogP contribution in [0.25, 0.3) is 0 Å². The van der Waals surface area contributed by atoms with Gasteiger partial charge >= 0.3 is 5.97 Å². The van der Waals surface area contributed by atoms with Crippen molar-refractivity contribution in [2.75, 3.05) is 13.1 Å². The lowest BCUT2D eigenvalue weighted by Gasteiger charge is -2.26. The summed E-state index contributed by atoms with van der Waals surface area (Å²) in [6, 6.07) is 11.4. The molecule has 198 valence electrons. The number of nitrogens with one attached hydrogen (secondary N) is 2. The van der Waals surface area contributed by atoms with Gasteiger partial charge in [-0.2, -0.15) is 0 Å². The Kier molecular flexibility index (Phi) is 8.41. The van der Waals surface area contributed by atoms with Crippen LogP contribution in [-0.4, -0.2) is 58.2 Å². The Labute approximate surface area is 228 Å². The van der Waals surface area contributed by atoms with Crippen molar-refractivity contribution in [2.24, 2.45) is 0 Å². The normalized spacial score (nSPS) is 17.3. The zero-order valence-electron chi connectivity index (χ0n) is 19.9. The molecule has 3 aromatic rings. The summed E-state index contributed by atoms with van der Waals surface area (Å²) in [5.74, 6) is -3.35. The molecule has 0 saturated carbocycles. The van der Waals surface area contributed by atoms with Crippen LogP contribution in [0.3, 0.4) is 0 Å². The minimum absolute atomic E-state index is 0.0149. The lowest BCUT2D eigenvalue weighted by molar-refractivity contribution is 0.0189. The lowest BCUT2D eigenvalue weighted by atomic mass is 9.96. The van der Waals surface area contributed by atoms with Crippen LogP contribution in [-0.2, 0) is 4.74 Å². The fourth-order valence-corrected chi connectivity index (χ4v) is 4.79. The van der Waals surface area contributed by atoms with Crippen LogP contribution in [0, 0.1) is 0 Å². The van der Waals surface area contributed by atoms with Crippen molar-refractivity contribution in [3.63, 3.8) is 0 Å². The van der Waals surface area contributed by atoms with E-state index in [9.17, 15) is 29.7 Å². The molecule has 9 nitrogen and oxygen atoms in total. The number of carbonyl (C=O) groups excluding carboxylic acids is 3. The van der Waals surface area contributed by atoms with E-state index in [1.807, 2.05) is 0 Å². The van der Waals surface area contributed by atoms with Gasteiger partial charge in [0.15, 0.2) is 0 Å². The van der Waals surface area contributed by atoms with E-state index in [2.05, 4.69) is 10.6 Å². The molecule has 0 radical (unpaired) electrons. The molecular weight excluding hydrogens is 535 g/mol. The first-order chi connectivity index (χ1) is 18.2. The van der Waals surface area contributed by atoms with Crippen LogP contribution >= 0.6 is 23.2 Å². The third-order valence-electron chi connectivity index (χ3n) is 6.10. The van der Waals surface area contributed by atoms with Crippen molar-refractivity contribution in [3.8, 4) is 17.2 Å². The van der Waals surface area contributed by atoms with Crippen molar-refractivity contribution in [1.29, 1.82) is 0 Å². The van der Waals surface area contributed by atoms with E-state index in [-0.39, 0.29) is 26.9 Å². The van der Waals surface area contributed by atoms with E-state index in [0.29, 0.717) is 31.5 Å². The molecular formula is C27H24Cl2N2O7. The number of phenolic OH excluding ortho intramolecular Hbond substituents is 3. The summed E-state index contributed by atoms with van der Waals surface area (Å²) in [6.07, 6.45) is 0.231. The first-order valence-electron chi connectivity index (χ1n) is 11.7. The highest BCUT2D eigenvalue weighted by Crippen LogP contribution is 2.34. The van der Waals surface area contributed by atoms with Crippen LogP contribution < -0.4 is 10.6 Å². The monoisotopic (exact) mass is 558 g/mol. The molecule has 0 aromatic heterocycles. The van der Waals surface area contributed by atoms with Gasteiger partial charge in [0.1, 0.15) is 23.4 Å². The molecule has 1 saturated heterocycles.